The van der Waals surface area contributed by atoms with E-state index in [-0.39, 0.29) is 34.8 Å². The van der Waals surface area contributed by atoms with Crippen LogP contribution in [0.4, 0.5) is 4.39 Å². The Morgan fingerprint density at radius 3 is 2.37 bits per heavy atom. The summed E-state index contributed by atoms with van der Waals surface area (Å²) in [6.07, 6.45) is 1.57. The predicted molar refractivity (Wildman–Crippen MR) is 102 cm³/mol. The van der Waals surface area contributed by atoms with Crippen LogP contribution in [-0.2, 0) is 10.1 Å². The first-order chi connectivity index (χ1) is 12.3. The lowest BCUT2D eigenvalue weighted by molar-refractivity contribution is 0.0856. The Kier molecular flexibility index (Phi) is 6.97. The van der Waals surface area contributed by atoms with Gasteiger partial charge in [0.2, 0.25) is 0 Å². The second kappa shape index (κ2) is 8.82. The Bertz CT molecular complexity index is 894. The molecule has 0 saturated carbocycles. The minimum absolute atomic E-state index is 0. The third-order valence-electron chi connectivity index (χ3n) is 4.52. The molecule has 1 heterocycles. The Balaban J connectivity index is 0.00000261. The molecule has 1 aliphatic rings. The molecule has 1 aliphatic heterocycles. The second-order valence-corrected chi connectivity index (χ2v) is 8.01. The summed E-state index contributed by atoms with van der Waals surface area (Å²) in [5.41, 5.74) is 0.436. The van der Waals surface area contributed by atoms with Gasteiger partial charge in [-0.2, -0.15) is 8.42 Å². The number of halogens is 2. The van der Waals surface area contributed by atoms with Crippen LogP contribution >= 0.6 is 12.4 Å². The lowest BCUT2D eigenvalue weighted by Crippen LogP contribution is -2.33. The number of likely N-dealkylation sites (tertiary alicyclic amines) is 1. The van der Waals surface area contributed by atoms with Crippen LogP contribution in [0.5, 0.6) is 5.75 Å². The van der Waals surface area contributed by atoms with Crippen LogP contribution in [0.2, 0.25) is 0 Å². The number of Topliss-reactive ketones (excluding diaryl/α,β-unsaturated/α-hetero) is 1. The maximum absolute atomic E-state index is 13.0. The highest BCUT2D eigenvalue weighted by molar-refractivity contribution is 7.87. The Labute approximate surface area is 164 Å². The maximum Gasteiger partial charge on any atom is 0.339 e. The lowest BCUT2D eigenvalue weighted by Gasteiger charge is -2.28. The zero-order chi connectivity index (χ0) is 18.7. The molecule has 8 heteroatoms. The minimum atomic E-state index is -4.09. The molecule has 1 saturated heterocycles. The molecule has 0 N–H and O–H groups in total. The standard InChI is InChI=1S/C19H20FNO4S.ClH/c1-21-11-9-14(10-12-21)19(22)15-3-2-4-17(13-15)25-26(23,24)18-7-5-16(20)6-8-18;/h2-8,13-14H,9-12H2,1H3;1H. The number of hydrogen-bond acceptors (Lipinski definition) is 5. The molecule has 0 spiro atoms. The van der Waals surface area contributed by atoms with Gasteiger partial charge >= 0.3 is 10.1 Å². The van der Waals surface area contributed by atoms with E-state index in [2.05, 4.69) is 4.90 Å². The molecule has 0 bridgehead atoms. The lowest BCUT2D eigenvalue weighted by atomic mass is 9.89. The van der Waals surface area contributed by atoms with Crippen LogP contribution in [0.25, 0.3) is 0 Å². The number of carbonyl (C=O) groups is 1. The highest BCUT2D eigenvalue weighted by Gasteiger charge is 2.25. The van der Waals surface area contributed by atoms with Crippen molar-refractivity contribution in [1.29, 1.82) is 0 Å². The molecular weight excluding hydrogens is 393 g/mol. The van der Waals surface area contributed by atoms with Crippen molar-refractivity contribution in [1.82, 2.24) is 4.90 Å². The first-order valence-electron chi connectivity index (χ1n) is 8.38. The molecule has 2 aromatic rings. The number of carbonyl (C=O) groups excluding carboxylic acids is 1. The fourth-order valence-corrected chi connectivity index (χ4v) is 3.91. The normalized spacial score (nSPS) is 15.8. The monoisotopic (exact) mass is 413 g/mol. The average Bonchev–Trinajstić information content (AvgIpc) is 2.62. The van der Waals surface area contributed by atoms with Gasteiger partial charge in [-0.25, -0.2) is 4.39 Å². The van der Waals surface area contributed by atoms with Gasteiger partial charge in [-0.1, -0.05) is 12.1 Å². The van der Waals surface area contributed by atoms with Gasteiger partial charge in [-0.05, 0) is 69.4 Å². The number of piperidine rings is 1. The summed E-state index contributed by atoms with van der Waals surface area (Å²) in [4.78, 5) is 14.7. The van der Waals surface area contributed by atoms with Crippen LogP contribution in [-0.4, -0.2) is 39.2 Å². The molecule has 0 atom stereocenters. The van der Waals surface area contributed by atoms with Crippen molar-refractivity contribution >= 4 is 28.3 Å². The third-order valence-corrected chi connectivity index (χ3v) is 5.78. The van der Waals surface area contributed by atoms with Crippen LogP contribution < -0.4 is 4.18 Å². The third kappa shape index (κ3) is 5.28. The van der Waals surface area contributed by atoms with E-state index in [0.29, 0.717) is 5.56 Å². The highest BCUT2D eigenvalue weighted by Crippen LogP contribution is 2.25. The van der Waals surface area contributed by atoms with Crippen molar-refractivity contribution in [2.24, 2.45) is 5.92 Å². The van der Waals surface area contributed by atoms with Gasteiger partial charge in [0.15, 0.2) is 5.78 Å². The van der Waals surface area contributed by atoms with Crippen molar-refractivity contribution in [2.75, 3.05) is 20.1 Å². The number of hydrogen-bond donors (Lipinski definition) is 0. The van der Waals surface area contributed by atoms with Crippen molar-refractivity contribution in [3.05, 3.63) is 59.9 Å². The summed E-state index contributed by atoms with van der Waals surface area (Å²) < 4.78 is 42.7. The molecule has 5 nitrogen and oxygen atoms in total. The van der Waals surface area contributed by atoms with Gasteiger partial charge in [0.25, 0.3) is 0 Å². The summed E-state index contributed by atoms with van der Waals surface area (Å²) in [6.45, 7) is 1.73. The zero-order valence-electron chi connectivity index (χ0n) is 14.8. The Hall–Kier alpha value is -1.96. The summed E-state index contributed by atoms with van der Waals surface area (Å²) in [5.74, 6) is -0.527. The average molecular weight is 414 g/mol. The van der Waals surface area contributed by atoms with Gasteiger partial charge in [0.1, 0.15) is 16.5 Å². The van der Waals surface area contributed by atoms with Gasteiger partial charge in [0, 0.05) is 11.5 Å². The number of rotatable bonds is 5. The molecule has 1 fully saturated rings. The van der Waals surface area contributed by atoms with E-state index in [9.17, 15) is 17.6 Å². The van der Waals surface area contributed by atoms with Crippen LogP contribution in [0.15, 0.2) is 53.4 Å². The van der Waals surface area contributed by atoms with E-state index in [4.69, 9.17) is 4.18 Å². The zero-order valence-corrected chi connectivity index (χ0v) is 16.4. The Morgan fingerprint density at radius 2 is 1.74 bits per heavy atom. The minimum Gasteiger partial charge on any atom is -0.379 e. The summed E-state index contributed by atoms with van der Waals surface area (Å²) in [5, 5.41) is 0. The quantitative estimate of drug-likeness (QED) is 0.554. The number of ketones is 1. The fourth-order valence-electron chi connectivity index (χ4n) is 2.98. The number of nitrogens with zero attached hydrogens (tertiary/aromatic N) is 1. The SMILES string of the molecule is CN1CCC(C(=O)c2cccc(OS(=O)(=O)c3ccc(F)cc3)c2)CC1.Cl. The molecule has 27 heavy (non-hydrogen) atoms. The van der Waals surface area contributed by atoms with E-state index >= 15 is 0 Å². The van der Waals surface area contributed by atoms with E-state index in [0.717, 1.165) is 50.2 Å². The van der Waals surface area contributed by atoms with Crippen molar-refractivity contribution in [3.63, 3.8) is 0 Å². The van der Waals surface area contributed by atoms with E-state index in [1.54, 1.807) is 12.1 Å². The van der Waals surface area contributed by atoms with Crippen LogP contribution in [0.1, 0.15) is 23.2 Å². The molecule has 0 unspecified atom stereocenters. The molecule has 0 aromatic heterocycles. The molecule has 146 valence electrons. The van der Waals surface area contributed by atoms with E-state index in [1.165, 1.54) is 12.1 Å². The molecule has 3 rings (SSSR count). The smallest absolute Gasteiger partial charge is 0.339 e. The molecule has 0 radical (unpaired) electrons. The van der Waals surface area contributed by atoms with Crippen LogP contribution in [0.3, 0.4) is 0 Å². The Morgan fingerprint density at radius 1 is 1.11 bits per heavy atom. The topological polar surface area (TPSA) is 63.7 Å². The van der Waals surface area contributed by atoms with Crippen molar-refractivity contribution in [3.8, 4) is 5.75 Å². The van der Waals surface area contributed by atoms with Gasteiger partial charge in [-0.15, -0.1) is 12.4 Å². The summed E-state index contributed by atoms with van der Waals surface area (Å²) in [6, 6.07) is 10.6. The van der Waals surface area contributed by atoms with Gasteiger partial charge < -0.3 is 9.08 Å². The van der Waals surface area contributed by atoms with Crippen molar-refractivity contribution < 1.29 is 21.8 Å². The van der Waals surface area contributed by atoms with Gasteiger partial charge in [0.05, 0.1) is 0 Å². The predicted octanol–water partition coefficient (Wildman–Crippen LogP) is 3.54. The molecule has 2 aromatic carbocycles. The van der Waals surface area contributed by atoms with E-state index < -0.39 is 15.9 Å². The first-order valence-corrected chi connectivity index (χ1v) is 9.79. The van der Waals surface area contributed by atoms with E-state index in [1.807, 2.05) is 7.05 Å². The molecule has 0 aliphatic carbocycles. The largest absolute Gasteiger partial charge is 0.379 e. The van der Waals surface area contributed by atoms with Crippen LogP contribution in [0, 0.1) is 11.7 Å². The van der Waals surface area contributed by atoms with Gasteiger partial charge in [-0.3, -0.25) is 4.79 Å². The highest BCUT2D eigenvalue weighted by atomic mass is 35.5. The molecule has 0 amide bonds. The first kappa shape index (κ1) is 21.3. The number of benzene rings is 2. The summed E-state index contributed by atoms with van der Waals surface area (Å²) in [7, 11) is -2.07. The van der Waals surface area contributed by atoms with Crippen molar-refractivity contribution in [2.45, 2.75) is 17.7 Å². The second-order valence-electron chi connectivity index (χ2n) is 6.46. The molecular formula is C19H21ClFNO4S. The summed E-state index contributed by atoms with van der Waals surface area (Å²) >= 11 is 0. The maximum atomic E-state index is 13.0. The fraction of sp³-hybridized carbons (Fsp3) is 0.316.